The minimum atomic E-state index is -0.111. The third kappa shape index (κ3) is 5.32. The van der Waals surface area contributed by atoms with Gasteiger partial charge in [0.2, 0.25) is 5.82 Å². The first-order valence-corrected chi connectivity index (χ1v) is 11.7. The van der Waals surface area contributed by atoms with Gasteiger partial charge < -0.3 is 6.53 Å². The molecule has 178 valence electrons. The zero-order valence-corrected chi connectivity index (χ0v) is 22.5. The topological polar surface area (TPSA) is 110 Å². The zero-order chi connectivity index (χ0) is 24.2. The Kier molecular flexibility index (Phi) is 8.43. The van der Waals surface area contributed by atoms with E-state index < -0.39 is 0 Å². The summed E-state index contributed by atoms with van der Waals surface area (Å²) in [6.07, 6.45) is 2.71. The molecule has 0 bridgehead atoms. The van der Waals surface area contributed by atoms with Gasteiger partial charge in [-0.05, 0) is 46.0 Å². The molecule has 0 aliphatic carbocycles. The summed E-state index contributed by atoms with van der Waals surface area (Å²) in [4.78, 5) is 18.3. The van der Waals surface area contributed by atoms with Gasteiger partial charge in [0.05, 0.1) is 24.1 Å². The first-order chi connectivity index (χ1) is 17.2. The van der Waals surface area contributed by atoms with Gasteiger partial charge in [0.1, 0.15) is 5.82 Å². The van der Waals surface area contributed by atoms with Gasteiger partial charge in [-0.15, -0.1) is 10.2 Å². The summed E-state index contributed by atoms with van der Waals surface area (Å²) < 4.78 is 1.77. The van der Waals surface area contributed by atoms with Crippen LogP contribution < -0.4 is 35.1 Å². The van der Waals surface area contributed by atoms with Crippen molar-refractivity contribution in [3.63, 3.8) is 0 Å². The number of hydrogen-bond acceptors (Lipinski definition) is 6. The average Bonchev–Trinajstić information content (AvgIpc) is 3.44. The van der Waals surface area contributed by atoms with E-state index in [1.165, 1.54) is 0 Å². The molecule has 5 rings (SSSR count). The summed E-state index contributed by atoms with van der Waals surface area (Å²) in [6, 6.07) is 21.5. The van der Waals surface area contributed by atoms with E-state index >= 15 is 0 Å². The van der Waals surface area contributed by atoms with Crippen LogP contribution in [-0.2, 0) is 19.6 Å². The monoisotopic (exact) mass is 490 g/mol. The Bertz CT molecular complexity index is 1520. The summed E-state index contributed by atoms with van der Waals surface area (Å²) in [6.45, 7) is 2.44. The van der Waals surface area contributed by atoms with Crippen molar-refractivity contribution < 1.29 is 36.1 Å². The number of H-pyrrole nitrogens is 1. The van der Waals surface area contributed by atoms with Gasteiger partial charge in [0.15, 0.2) is 0 Å². The van der Waals surface area contributed by atoms with Crippen LogP contribution in [-0.4, -0.2) is 35.3 Å². The van der Waals surface area contributed by atoms with E-state index in [0.29, 0.717) is 28.8 Å². The van der Waals surface area contributed by atoms with Crippen molar-refractivity contribution in [3.8, 4) is 22.5 Å². The second kappa shape index (κ2) is 11.7. The maximum atomic E-state index is 13.5. The van der Waals surface area contributed by atoms with E-state index in [0.717, 1.165) is 47.3 Å². The Morgan fingerprint density at radius 1 is 1.00 bits per heavy atom. The molecule has 0 saturated heterocycles. The summed E-state index contributed by atoms with van der Waals surface area (Å²) >= 11 is 0. The van der Waals surface area contributed by atoms with Crippen LogP contribution in [0.2, 0.25) is 0 Å². The predicted octanol–water partition coefficient (Wildman–Crippen LogP) is 1.24. The number of aromatic amines is 1. The van der Waals surface area contributed by atoms with Crippen LogP contribution >= 0.6 is 0 Å². The molecule has 0 aliphatic rings. The van der Waals surface area contributed by atoms with Crippen LogP contribution in [0.3, 0.4) is 0 Å². The van der Waals surface area contributed by atoms with E-state index in [1.807, 2.05) is 60.7 Å². The first kappa shape index (κ1) is 25.9. The van der Waals surface area contributed by atoms with Gasteiger partial charge in [-0.3, -0.25) is 9.36 Å². The maximum Gasteiger partial charge on any atom is 1.00 e. The summed E-state index contributed by atoms with van der Waals surface area (Å²) in [5.74, 6) is 1.33. The number of tetrazole rings is 1. The number of unbranched alkanes of at least 4 members (excludes halogenated alkanes) is 1. The van der Waals surface area contributed by atoms with Crippen LogP contribution in [0.5, 0.6) is 0 Å². The Balaban J connectivity index is 0.00000190. The third-order valence-electron chi connectivity index (χ3n) is 6.15. The fourth-order valence-corrected chi connectivity index (χ4v) is 4.28. The minimum absolute atomic E-state index is 0. The maximum absolute atomic E-state index is 13.5. The van der Waals surface area contributed by atoms with Crippen molar-refractivity contribution in [1.82, 2.24) is 30.2 Å². The molecule has 9 heteroatoms. The standard InChI is InChI=1S/C27H26N6O2.Na.H/c1-2-3-8-25-28-24-14-11-19(17-34)15-23(24)27(35)33(25)16-18-9-12-20(13-10-18)21-6-4-5-7-22(21)26-29-31-32-30-26;;/h4-7,9-15,34H,2-3,8,16-17H2,1H3,(H,29,30,31,32);;/q;+1;-1. The number of fused-ring (bicyclic) bond motifs is 1. The van der Waals surface area contributed by atoms with Crippen molar-refractivity contribution in [2.45, 2.75) is 39.3 Å². The molecule has 5 aromatic rings. The Hall–Kier alpha value is -3.17. The zero-order valence-electron chi connectivity index (χ0n) is 21.5. The van der Waals surface area contributed by atoms with E-state index in [2.05, 4.69) is 27.5 Å². The average molecular weight is 491 g/mol. The molecule has 0 fully saturated rings. The van der Waals surface area contributed by atoms with Crippen LogP contribution in [0.1, 0.15) is 38.1 Å². The van der Waals surface area contributed by atoms with Gasteiger partial charge in [-0.25, -0.2) is 4.98 Å². The fraction of sp³-hybridized carbons (Fsp3) is 0.222. The van der Waals surface area contributed by atoms with Gasteiger partial charge in [-0.1, -0.05) is 67.9 Å². The van der Waals surface area contributed by atoms with E-state index in [4.69, 9.17) is 4.98 Å². The quantitative estimate of drug-likeness (QED) is 0.317. The van der Waals surface area contributed by atoms with E-state index in [9.17, 15) is 9.90 Å². The molecule has 2 N–H and O–H groups in total. The number of hydrogen-bond donors (Lipinski definition) is 2. The second-order valence-corrected chi connectivity index (χ2v) is 8.51. The number of aliphatic hydroxyl groups excluding tert-OH is 1. The predicted molar refractivity (Wildman–Crippen MR) is 136 cm³/mol. The molecule has 0 saturated carbocycles. The van der Waals surface area contributed by atoms with Gasteiger partial charge in [0.25, 0.3) is 5.56 Å². The fourth-order valence-electron chi connectivity index (χ4n) is 4.28. The smallest absolute Gasteiger partial charge is 1.00 e. The minimum Gasteiger partial charge on any atom is -1.00 e. The molecule has 0 unspecified atom stereocenters. The van der Waals surface area contributed by atoms with Crippen molar-refractivity contribution in [1.29, 1.82) is 0 Å². The van der Waals surface area contributed by atoms with E-state index in [-0.39, 0.29) is 43.2 Å². The van der Waals surface area contributed by atoms with Crippen LogP contribution in [0.25, 0.3) is 33.4 Å². The first-order valence-electron chi connectivity index (χ1n) is 11.7. The Morgan fingerprint density at radius 2 is 1.75 bits per heavy atom. The molecular weight excluding hydrogens is 463 g/mol. The van der Waals surface area contributed by atoms with Crippen LogP contribution in [0, 0.1) is 0 Å². The van der Waals surface area contributed by atoms with Gasteiger partial charge in [0, 0.05) is 12.0 Å². The molecular formula is C27H27N6NaO2. The molecule has 0 spiro atoms. The molecule has 0 atom stereocenters. The number of nitrogens with zero attached hydrogens (tertiary/aromatic N) is 5. The summed E-state index contributed by atoms with van der Waals surface area (Å²) in [5.41, 5.74) is 5.22. The largest absolute Gasteiger partial charge is 1.00 e. The molecule has 0 aliphatic heterocycles. The SMILES string of the molecule is CCCCc1nc2ccc(CO)cc2c(=O)n1Cc1ccc(-c2ccccc2-c2nn[nH]n2)cc1.[H-].[Na+]. The summed E-state index contributed by atoms with van der Waals surface area (Å²) in [7, 11) is 0. The van der Waals surface area contributed by atoms with Gasteiger partial charge in [-0.2, -0.15) is 5.21 Å². The van der Waals surface area contributed by atoms with Crippen molar-refractivity contribution >= 4 is 10.9 Å². The van der Waals surface area contributed by atoms with E-state index in [1.54, 1.807) is 10.6 Å². The van der Waals surface area contributed by atoms with Crippen molar-refractivity contribution in [2.75, 3.05) is 0 Å². The molecule has 3 aromatic carbocycles. The molecule has 0 amide bonds. The molecule has 8 nitrogen and oxygen atoms in total. The number of aryl methyl sites for hydroxylation is 1. The van der Waals surface area contributed by atoms with Crippen molar-refractivity contribution in [2.24, 2.45) is 0 Å². The number of benzene rings is 3. The number of aliphatic hydroxyl groups is 1. The Morgan fingerprint density at radius 3 is 2.44 bits per heavy atom. The summed E-state index contributed by atoms with van der Waals surface area (Å²) in [5, 5.41) is 24.5. The Labute approximate surface area is 232 Å². The normalized spacial score (nSPS) is 10.9. The molecule has 2 heterocycles. The number of aromatic nitrogens is 6. The number of nitrogens with one attached hydrogen (secondary N) is 1. The van der Waals surface area contributed by atoms with Gasteiger partial charge >= 0.3 is 29.6 Å². The van der Waals surface area contributed by atoms with Crippen LogP contribution in [0.4, 0.5) is 0 Å². The molecule has 0 radical (unpaired) electrons. The molecule has 36 heavy (non-hydrogen) atoms. The van der Waals surface area contributed by atoms with Crippen molar-refractivity contribution in [3.05, 3.63) is 94.0 Å². The second-order valence-electron chi connectivity index (χ2n) is 8.51. The number of rotatable bonds is 8. The molecule has 2 aromatic heterocycles. The van der Waals surface area contributed by atoms with Crippen LogP contribution in [0.15, 0.2) is 71.5 Å². The third-order valence-corrected chi connectivity index (χ3v) is 6.15.